The Morgan fingerprint density at radius 3 is 2.33 bits per heavy atom. The maximum absolute atomic E-state index is 12.5. The molecule has 0 radical (unpaired) electrons. The second kappa shape index (κ2) is 7.90. The Labute approximate surface area is 147 Å². The monoisotopic (exact) mass is 337 g/mol. The number of hydrogen-bond donors (Lipinski definition) is 1. The number of rotatable bonds is 7. The van der Waals surface area contributed by atoms with Crippen LogP contribution in [0.5, 0.6) is 0 Å². The number of nitrogens with zero attached hydrogens (tertiary/aromatic N) is 1. The Kier molecular flexibility index (Phi) is 6.35. The first-order valence-electron chi connectivity index (χ1n) is 9.59. The van der Waals surface area contributed by atoms with Crippen molar-refractivity contribution in [3.05, 3.63) is 12.7 Å². The molecule has 0 spiro atoms. The Hall–Kier alpha value is -1.03. The highest BCUT2D eigenvalue weighted by atomic mass is 16.6. The smallest absolute Gasteiger partial charge is 0.410 e. The lowest BCUT2D eigenvalue weighted by molar-refractivity contribution is -0.0635. The minimum atomic E-state index is -0.594. The van der Waals surface area contributed by atoms with E-state index in [0.717, 1.165) is 32.1 Å². The average Bonchev–Trinajstić information content (AvgIpc) is 2.74. The van der Waals surface area contributed by atoms with Crippen molar-refractivity contribution in [1.82, 2.24) is 4.90 Å². The minimum absolute atomic E-state index is 0.143. The standard InChI is InChI=1S/C20H35NO3/c1-5-6-7-8-9-10-13-20(23)14-16-11-12-17(15-20)21(16)18(22)24-19(2,3)4/h5,16-17,23H,1,6-15H2,2-4H3. The van der Waals surface area contributed by atoms with Gasteiger partial charge in [0.1, 0.15) is 5.60 Å². The molecule has 138 valence electrons. The van der Waals surface area contributed by atoms with Crippen LogP contribution in [0.3, 0.4) is 0 Å². The maximum atomic E-state index is 12.5. The van der Waals surface area contributed by atoms with Gasteiger partial charge in [-0.3, -0.25) is 0 Å². The van der Waals surface area contributed by atoms with Crippen LogP contribution in [0.15, 0.2) is 12.7 Å². The van der Waals surface area contributed by atoms with E-state index in [1.807, 2.05) is 31.7 Å². The van der Waals surface area contributed by atoms with Crippen LogP contribution in [0.4, 0.5) is 4.79 Å². The topological polar surface area (TPSA) is 49.8 Å². The third-order valence-corrected chi connectivity index (χ3v) is 5.26. The molecule has 1 N–H and O–H groups in total. The second-order valence-electron chi connectivity index (χ2n) is 8.65. The first-order valence-corrected chi connectivity index (χ1v) is 9.59. The zero-order valence-corrected chi connectivity index (χ0v) is 15.7. The predicted molar refractivity (Wildman–Crippen MR) is 97.0 cm³/mol. The van der Waals surface area contributed by atoms with Gasteiger partial charge < -0.3 is 14.7 Å². The van der Waals surface area contributed by atoms with E-state index in [0.29, 0.717) is 12.8 Å². The fourth-order valence-electron chi connectivity index (χ4n) is 4.24. The van der Waals surface area contributed by atoms with E-state index < -0.39 is 11.2 Å². The molecule has 2 aliphatic heterocycles. The van der Waals surface area contributed by atoms with Crippen molar-refractivity contribution in [2.45, 2.75) is 108 Å². The lowest BCUT2D eigenvalue weighted by Gasteiger charge is -2.44. The van der Waals surface area contributed by atoms with E-state index in [4.69, 9.17) is 4.74 Å². The van der Waals surface area contributed by atoms with Crippen molar-refractivity contribution >= 4 is 6.09 Å². The lowest BCUT2D eigenvalue weighted by atomic mass is 9.82. The predicted octanol–water partition coefficient (Wildman–Crippen LogP) is 4.81. The zero-order chi connectivity index (χ0) is 17.8. The maximum Gasteiger partial charge on any atom is 0.410 e. The van der Waals surface area contributed by atoms with Crippen LogP contribution in [0.2, 0.25) is 0 Å². The number of unbranched alkanes of at least 4 members (excludes halogenated alkanes) is 4. The normalized spacial score (nSPS) is 29.6. The van der Waals surface area contributed by atoms with Gasteiger partial charge in [0.2, 0.25) is 0 Å². The summed E-state index contributed by atoms with van der Waals surface area (Å²) in [5.74, 6) is 0. The van der Waals surface area contributed by atoms with Gasteiger partial charge in [-0.25, -0.2) is 4.79 Å². The summed E-state index contributed by atoms with van der Waals surface area (Å²) in [7, 11) is 0. The molecule has 4 heteroatoms. The van der Waals surface area contributed by atoms with E-state index in [2.05, 4.69) is 6.58 Å². The Morgan fingerprint density at radius 1 is 1.21 bits per heavy atom. The number of ether oxygens (including phenoxy) is 1. The van der Waals surface area contributed by atoms with Crippen molar-refractivity contribution < 1.29 is 14.6 Å². The minimum Gasteiger partial charge on any atom is -0.444 e. The molecule has 2 fully saturated rings. The molecule has 2 unspecified atom stereocenters. The van der Waals surface area contributed by atoms with Gasteiger partial charge in [0.25, 0.3) is 0 Å². The highest BCUT2D eigenvalue weighted by Gasteiger charge is 2.49. The molecule has 0 saturated carbocycles. The van der Waals surface area contributed by atoms with Crippen molar-refractivity contribution in [3.63, 3.8) is 0 Å². The van der Waals surface area contributed by atoms with Crippen LogP contribution >= 0.6 is 0 Å². The van der Waals surface area contributed by atoms with Crippen molar-refractivity contribution in [3.8, 4) is 0 Å². The van der Waals surface area contributed by atoms with Crippen LogP contribution in [0.25, 0.3) is 0 Å². The van der Waals surface area contributed by atoms with Crippen molar-refractivity contribution in [2.75, 3.05) is 0 Å². The number of amides is 1. The van der Waals surface area contributed by atoms with E-state index in [1.165, 1.54) is 19.3 Å². The van der Waals surface area contributed by atoms with Crippen LogP contribution < -0.4 is 0 Å². The molecule has 0 aromatic heterocycles. The van der Waals surface area contributed by atoms with Crippen molar-refractivity contribution in [2.24, 2.45) is 0 Å². The van der Waals surface area contributed by atoms with Gasteiger partial charge in [0, 0.05) is 12.1 Å². The highest BCUT2D eigenvalue weighted by Crippen LogP contribution is 2.43. The molecule has 2 saturated heterocycles. The number of aliphatic hydroxyl groups is 1. The van der Waals surface area contributed by atoms with Gasteiger partial charge in [0.05, 0.1) is 5.60 Å². The third kappa shape index (κ3) is 5.23. The molecule has 1 amide bonds. The number of allylic oxidation sites excluding steroid dienone is 1. The largest absolute Gasteiger partial charge is 0.444 e. The van der Waals surface area contributed by atoms with E-state index in [-0.39, 0.29) is 18.2 Å². The fourth-order valence-corrected chi connectivity index (χ4v) is 4.24. The summed E-state index contributed by atoms with van der Waals surface area (Å²) in [4.78, 5) is 14.4. The fraction of sp³-hybridized carbons (Fsp3) is 0.850. The molecule has 0 aromatic carbocycles. The Morgan fingerprint density at radius 2 is 1.79 bits per heavy atom. The number of fused-ring (bicyclic) bond motifs is 2. The third-order valence-electron chi connectivity index (χ3n) is 5.26. The number of piperidine rings is 1. The summed E-state index contributed by atoms with van der Waals surface area (Å²) in [5.41, 5.74) is -1.06. The molecule has 2 bridgehead atoms. The zero-order valence-electron chi connectivity index (χ0n) is 15.7. The van der Waals surface area contributed by atoms with E-state index in [1.54, 1.807) is 0 Å². The summed E-state index contributed by atoms with van der Waals surface area (Å²) in [6.07, 6.45) is 11.7. The molecule has 2 rings (SSSR count). The summed E-state index contributed by atoms with van der Waals surface area (Å²) in [6.45, 7) is 9.45. The molecule has 0 aliphatic carbocycles. The Balaban J connectivity index is 1.83. The molecule has 4 nitrogen and oxygen atoms in total. The molecular weight excluding hydrogens is 302 g/mol. The average molecular weight is 338 g/mol. The molecule has 2 atom stereocenters. The van der Waals surface area contributed by atoms with Gasteiger partial charge in [-0.2, -0.15) is 0 Å². The lowest BCUT2D eigenvalue weighted by Crippen LogP contribution is -2.54. The van der Waals surface area contributed by atoms with Crippen LogP contribution in [0, 0.1) is 0 Å². The molecule has 0 aromatic rings. The summed E-state index contributed by atoms with van der Waals surface area (Å²) in [5, 5.41) is 11.0. The molecular formula is C20H35NO3. The Bertz CT molecular complexity index is 427. The highest BCUT2D eigenvalue weighted by molar-refractivity contribution is 5.69. The van der Waals surface area contributed by atoms with Gasteiger partial charge in [-0.15, -0.1) is 6.58 Å². The van der Waals surface area contributed by atoms with Gasteiger partial charge in [0.15, 0.2) is 0 Å². The van der Waals surface area contributed by atoms with E-state index in [9.17, 15) is 9.90 Å². The molecule has 24 heavy (non-hydrogen) atoms. The number of carbonyl (C=O) groups is 1. The quantitative estimate of drug-likeness (QED) is 0.536. The molecule has 2 aliphatic rings. The van der Waals surface area contributed by atoms with Crippen LogP contribution in [0.1, 0.15) is 85.0 Å². The second-order valence-corrected chi connectivity index (χ2v) is 8.65. The summed E-state index contributed by atoms with van der Waals surface area (Å²) < 4.78 is 5.56. The SMILES string of the molecule is C=CCCCCCCC1(O)CC2CCC(C1)N2C(=O)OC(C)(C)C. The van der Waals surface area contributed by atoms with Gasteiger partial charge in [-0.1, -0.05) is 25.3 Å². The van der Waals surface area contributed by atoms with Crippen molar-refractivity contribution in [1.29, 1.82) is 0 Å². The van der Waals surface area contributed by atoms with E-state index >= 15 is 0 Å². The summed E-state index contributed by atoms with van der Waals surface area (Å²) in [6, 6.07) is 0.286. The molecule has 2 heterocycles. The van der Waals surface area contributed by atoms with Crippen LogP contribution in [-0.4, -0.2) is 39.4 Å². The number of carbonyl (C=O) groups excluding carboxylic acids is 1. The number of hydrogen-bond acceptors (Lipinski definition) is 3. The first-order chi connectivity index (χ1) is 11.2. The summed E-state index contributed by atoms with van der Waals surface area (Å²) >= 11 is 0. The van der Waals surface area contributed by atoms with Gasteiger partial charge in [-0.05, 0) is 65.7 Å². The van der Waals surface area contributed by atoms with Crippen LogP contribution in [-0.2, 0) is 4.74 Å². The first kappa shape index (κ1) is 19.3. The van der Waals surface area contributed by atoms with Gasteiger partial charge >= 0.3 is 6.09 Å².